The van der Waals surface area contributed by atoms with Gasteiger partial charge in [-0.3, -0.25) is 0 Å². The van der Waals surface area contributed by atoms with E-state index in [1.807, 2.05) is 25.1 Å². The van der Waals surface area contributed by atoms with Gasteiger partial charge in [0.1, 0.15) is 11.5 Å². The summed E-state index contributed by atoms with van der Waals surface area (Å²) in [5.41, 5.74) is 2.12. The number of hydrogen-bond donors (Lipinski definition) is 1. The summed E-state index contributed by atoms with van der Waals surface area (Å²) < 4.78 is 16.3. The first-order chi connectivity index (χ1) is 12.5. The fraction of sp³-hybridized carbons (Fsp3) is 0.571. The number of aryl methyl sites for hydroxylation is 1. The first-order valence-electron chi connectivity index (χ1n) is 9.33. The van der Waals surface area contributed by atoms with E-state index in [4.69, 9.17) is 14.2 Å². The van der Waals surface area contributed by atoms with Gasteiger partial charge in [0.25, 0.3) is 0 Å². The summed E-state index contributed by atoms with van der Waals surface area (Å²) in [4.78, 5) is 11.8. The van der Waals surface area contributed by atoms with Gasteiger partial charge in [-0.15, -0.1) is 6.58 Å². The van der Waals surface area contributed by atoms with E-state index in [0.29, 0.717) is 13.0 Å². The predicted octanol–water partition coefficient (Wildman–Crippen LogP) is 4.67. The van der Waals surface area contributed by atoms with Crippen molar-refractivity contribution in [2.75, 3.05) is 20.8 Å². The Morgan fingerprint density at radius 1 is 1.19 bits per heavy atom. The Kier molecular flexibility index (Phi) is 10.3. The van der Waals surface area contributed by atoms with Crippen molar-refractivity contribution >= 4 is 6.09 Å². The summed E-state index contributed by atoms with van der Waals surface area (Å²) in [6, 6.07) is 3.96. The van der Waals surface area contributed by atoms with Crippen molar-refractivity contribution in [3.05, 3.63) is 35.9 Å². The summed E-state index contributed by atoms with van der Waals surface area (Å²) in [7, 11) is 3.34. The predicted molar refractivity (Wildman–Crippen MR) is 105 cm³/mol. The number of nitrogens with one attached hydrogen (secondary N) is 1. The molecule has 0 saturated heterocycles. The van der Waals surface area contributed by atoms with Crippen LogP contribution >= 0.6 is 0 Å². The number of alkyl carbamates (subject to hydrolysis) is 1. The largest absolute Gasteiger partial charge is 0.496 e. The van der Waals surface area contributed by atoms with Gasteiger partial charge < -0.3 is 19.5 Å². The van der Waals surface area contributed by atoms with Crippen LogP contribution in [0.3, 0.4) is 0 Å². The Balaban J connectivity index is 2.77. The minimum atomic E-state index is -0.377. The average Bonchev–Trinajstić information content (AvgIpc) is 2.62. The second-order valence-corrected chi connectivity index (χ2v) is 6.40. The number of rotatable bonds is 12. The molecule has 0 aliphatic carbocycles. The van der Waals surface area contributed by atoms with Gasteiger partial charge in [-0.1, -0.05) is 19.4 Å². The lowest BCUT2D eigenvalue weighted by atomic mass is 10.00. The molecule has 0 heterocycles. The van der Waals surface area contributed by atoms with Gasteiger partial charge in [-0.05, 0) is 62.3 Å². The number of carbonyl (C=O) groups excluding carboxylic acids is 1. The zero-order valence-corrected chi connectivity index (χ0v) is 16.6. The number of unbranched alkanes of at least 4 members (excludes halogenated alkanes) is 2. The van der Waals surface area contributed by atoms with E-state index >= 15 is 0 Å². The highest BCUT2D eigenvalue weighted by Gasteiger charge is 2.15. The Hall–Kier alpha value is -2.17. The third kappa shape index (κ3) is 7.38. The van der Waals surface area contributed by atoms with E-state index in [-0.39, 0.29) is 12.1 Å². The molecule has 0 radical (unpaired) electrons. The van der Waals surface area contributed by atoms with Crippen LogP contribution in [0.2, 0.25) is 0 Å². The van der Waals surface area contributed by atoms with Gasteiger partial charge >= 0.3 is 6.09 Å². The quantitative estimate of drug-likeness (QED) is 0.433. The molecule has 0 fully saturated rings. The van der Waals surface area contributed by atoms with E-state index < -0.39 is 0 Å². The highest BCUT2D eigenvalue weighted by Crippen LogP contribution is 2.31. The van der Waals surface area contributed by atoms with Crippen LogP contribution in [0.4, 0.5) is 4.79 Å². The third-order valence-electron chi connectivity index (χ3n) is 4.16. The van der Waals surface area contributed by atoms with Gasteiger partial charge in [0.05, 0.1) is 20.8 Å². The van der Waals surface area contributed by atoms with Crippen LogP contribution in [-0.4, -0.2) is 33.0 Å². The van der Waals surface area contributed by atoms with Crippen LogP contribution in [0.25, 0.3) is 0 Å². The number of amides is 1. The average molecular weight is 363 g/mol. The molecular weight excluding hydrogens is 330 g/mol. The van der Waals surface area contributed by atoms with Gasteiger partial charge in [0.15, 0.2) is 0 Å². The Morgan fingerprint density at radius 3 is 2.46 bits per heavy atom. The fourth-order valence-corrected chi connectivity index (χ4v) is 2.75. The molecule has 0 saturated carbocycles. The Morgan fingerprint density at radius 2 is 1.85 bits per heavy atom. The van der Waals surface area contributed by atoms with Gasteiger partial charge in [0.2, 0.25) is 0 Å². The molecule has 5 heteroatoms. The lowest BCUT2D eigenvalue weighted by Gasteiger charge is -2.18. The van der Waals surface area contributed by atoms with Crippen molar-refractivity contribution in [3.8, 4) is 11.5 Å². The van der Waals surface area contributed by atoms with Crippen molar-refractivity contribution in [2.45, 2.75) is 58.4 Å². The molecule has 0 aromatic heterocycles. The molecule has 146 valence electrons. The van der Waals surface area contributed by atoms with Crippen molar-refractivity contribution < 1.29 is 19.0 Å². The highest BCUT2D eigenvalue weighted by atomic mass is 16.5. The molecule has 1 aromatic carbocycles. The minimum absolute atomic E-state index is 0.0747. The van der Waals surface area contributed by atoms with Gasteiger partial charge in [-0.2, -0.15) is 0 Å². The lowest BCUT2D eigenvalue weighted by Crippen LogP contribution is -2.34. The first-order valence-corrected chi connectivity index (χ1v) is 9.33. The monoisotopic (exact) mass is 363 g/mol. The molecule has 0 spiro atoms. The van der Waals surface area contributed by atoms with Crippen LogP contribution < -0.4 is 14.8 Å². The first kappa shape index (κ1) is 21.9. The second kappa shape index (κ2) is 12.2. The van der Waals surface area contributed by atoms with Crippen molar-refractivity contribution in [3.63, 3.8) is 0 Å². The standard InChI is InChI=1S/C21H33NO4/c1-6-8-10-11-17-14-20(25-5)18(15-19(17)24-4)13-16(3)22-21(23)26-12-9-7-2/h6,14-16H,1,7-13H2,2-5H3,(H,22,23). The van der Waals surface area contributed by atoms with Crippen molar-refractivity contribution in [1.29, 1.82) is 0 Å². The summed E-state index contributed by atoms with van der Waals surface area (Å²) in [5, 5.41) is 2.86. The summed E-state index contributed by atoms with van der Waals surface area (Å²) in [5.74, 6) is 1.66. The SMILES string of the molecule is C=CCCCc1cc(OC)c(CC(C)NC(=O)OCCCC)cc1OC. The number of methoxy groups -OCH3 is 2. The normalized spacial score (nSPS) is 11.5. The maximum absolute atomic E-state index is 11.8. The summed E-state index contributed by atoms with van der Waals surface area (Å²) >= 11 is 0. The van der Waals surface area contributed by atoms with E-state index in [2.05, 4.69) is 18.8 Å². The van der Waals surface area contributed by atoms with Crippen LogP contribution in [0.15, 0.2) is 24.8 Å². The van der Waals surface area contributed by atoms with E-state index in [1.54, 1.807) is 14.2 Å². The number of benzene rings is 1. The summed E-state index contributed by atoms with van der Waals surface area (Å²) in [6.45, 7) is 8.22. The maximum Gasteiger partial charge on any atom is 0.407 e. The second-order valence-electron chi connectivity index (χ2n) is 6.40. The van der Waals surface area contributed by atoms with E-state index in [9.17, 15) is 4.79 Å². The molecule has 1 rings (SSSR count). The molecule has 1 atom stereocenters. The topological polar surface area (TPSA) is 56.8 Å². The zero-order valence-electron chi connectivity index (χ0n) is 16.6. The molecule has 1 amide bonds. The van der Waals surface area contributed by atoms with Crippen LogP contribution in [0, 0.1) is 0 Å². The Labute approximate surface area is 157 Å². The number of carbonyl (C=O) groups is 1. The van der Waals surface area contributed by atoms with Crippen LogP contribution in [0.5, 0.6) is 11.5 Å². The molecule has 0 aliphatic rings. The zero-order chi connectivity index (χ0) is 19.4. The number of ether oxygens (including phenoxy) is 3. The molecular formula is C21H33NO4. The molecule has 1 unspecified atom stereocenters. The maximum atomic E-state index is 11.8. The molecule has 0 bridgehead atoms. The molecule has 1 aromatic rings. The van der Waals surface area contributed by atoms with Crippen LogP contribution in [0.1, 0.15) is 50.7 Å². The minimum Gasteiger partial charge on any atom is -0.496 e. The van der Waals surface area contributed by atoms with Gasteiger partial charge in [0, 0.05) is 6.04 Å². The third-order valence-corrected chi connectivity index (χ3v) is 4.16. The van der Waals surface area contributed by atoms with E-state index in [1.165, 1.54) is 0 Å². The van der Waals surface area contributed by atoms with E-state index in [0.717, 1.165) is 54.7 Å². The number of allylic oxidation sites excluding steroid dienone is 1. The van der Waals surface area contributed by atoms with Crippen molar-refractivity contribution in [1.82, 2.24) is 5.32 Å². The highest BCUT2D eigenvalue weighted by molar-refractivity contribution is 5.67. The summed E-state index contributed by atoms with van der Waals surface area (Å²) in [6.07, 6.45) is 6.94. The Bertz CT molecular complexity index is 571. The smallest absolute Gasteiger partial charge is 0.407 e. The molecule has 1 N–H and O–H groups in total. The molecule has 26 heavy (non-hydrogen) atoms. The van der Waals surface area contributed by atoms with Crippen molar-refractivity contribution in [2.24, 2.45) is 0 Å². The fourth-order valence-electron chi connectivity index (χ4n) is 2.75. The molecule has 5 nitrogen and oxygen atoms in total. The number of hydrogen-bond acceptors (Lipinski definition) is 4. The van der Waals surface area contributed by atoms with Crippen LogP contribution in [-0.2, 0) is 17.6 Å². The molecule has 0 aliphatic heterocycles. The lowest BCUT2D eigenvalue weighted by molar-refractivity contribution is 0.141. The van der Waals surface area contributed by atoms with Gasteiger partial charge in [-0.25, -0.2) is 4.79 Å².